The molecule has 1 aromatic rings. The molecule has 0 aromatic carbocycles. The van der Waals surface area contributed by atoms with E-state index in [1.165, 1.54) is 27.7 Å². The molecule has 28 heavy (non-hydrogen) atoms. The molecule has 0 N–H and O–H groups in total. The van der Waals surface area contributed by atoms with Crippen LogP contribution in [-0.2, 0) is 15.7 Å². The first kappa shape index (κ1) is 23.5. The highest BCUT2D eigenvalue weighted by molar-refractivity contribution is 6.02. The van der Waals surface area contributed by atoms with Crippen LogP contribution >= 0.6 is 0 Å². The van der Waals surface area contributed by atoms with Crippen molar-refractivity contribution in [3.8, 4) is 11.6 Å². The van der Waals surface area contributed by atoms with Crippen molar-refractivity contribution in [3.63, 3.8) is 0 Å². The summed E-state index contributed by atoms with van der Waals surface area (Å²) in [6.45, 7) is 8.87. The van der Waals surface area contributed by atoms with Gasteiger partial charge >= 0.3 is 18.1 Å². The lowest BCUT2D eigenvalue weighted by atomic mass is 10.1. The van der Waals surface area contributed by atoms with Crippen LogP contribution in [0.4, 0.5) is 13.2 Å². The van der Waals surface area contributed by atoms with E-state index in [2.05, 4.69) is 4.98 Å². The van der Waals surface area contributed by atoms with E-state index < -0.39 is 58.8 Å². The minimum Gasteiger partial charge on any atom is -0.489 e. The molecule has 0 saturated heterocycles. The van der Waals surface area contributed by atoms with E-state index in [9.17, 15) is 22.8 Å². The zero-order valence-electron chi connectivity index (χ0n) is 16.6. The second-order valence-corrected chi connectivity index (χ2v) is 6.12. The zero-order chi connectivity index (χ0) is 21.6. The monoisotopic (exact) mass is 407 g/mol. The standard InChI is InChI=1S/C18H24F3NO6/c1-7-25-16(23)11-13(27-9(3)4)12(17(24)26-8-2)15(28-10(5)6)22-14(11)18(19,20)21/h9-10H,7-8H2,1-6H3. The third-order valence-electron chi connectivity index (χ3n) is 3.05. The predicted octanol–water partition coefficient (Wildman–Crippen LogP) is 4.03. The maximum absolute atomic E-state index is 13.7. The molecule has 0 aliphatic carbocycles. The van der Waals surface area contributed by atoms with Gasteiger partial charge in [0.25, 0.3) is 0 Å². The van der Waals surface area contributed by atoms with Crippen molar-refractivity contribution < 1.29 is 41.7 Å². The number of hydrogen-bond acceptors (Lipinski definition) is 7. The van der Waals surface area contributed by atoms with E-state index >= 15 is 0 Å². The maximum atomic E-state index is 13.7. The van der Waals surface area contributed by atoms with Crippen LogP contribution in [0.25, 0.3) is 0 Å². The molecule has 1 aromatic heterocycles. The summed E-state index contributed by atoms with van der Waals surface area (Å²) >= 11 is 0. The summed E-state index contributed by atoms with van der Waals surface area (Å²) < 4.78 is 61.4. The predicted molar refractivity (Wildman–Crippen MR) is 92.7 cm³/mol. The van der Waals surface area contributed by atoms with Crippen LogP contribution in [0.1, 0.15) is 68.0 Å². The molecule has 158 valence electrons. The Morgan fingerprint density at radius 1 is 0.893 bits per heavy atom. The molecular weight excluding hydrogens is 383 g/mol. The second-order valence-electron chi connectivity index (χ2n) is 6.12. The molecule has 1 heterocycles. The number of pyridine rings is 1. The van der Waals surface area contributed by atoms with Crippen molar-refractivity contribution in [2.45, 2.75) is 59.9 Å². The molecule has 0 amide bonds. The van der Waals surface area contributed by atoms with Gasteiger partial charge in [0.1, 0.15) is 5.56 Å². The number of halogens is 3. The van der Waals surface area contributed by atoms with Crippen molar-refractivity contribution in [2.24, 2.45) is 0 Å². The van der Waals surface area contributed by atoms with Crippen molar-refractivity contribution in [1.82, 2.24) is 4.98 Å². The lowest BCUT2D eigenvalue weighted by molar-refractivity contribution is -0.142. The lowest BCUT2D eigenvalue weighted by Gasteiger charge is -2.22. The summed E-state index contributed by atoms with van der Waals surface area (Å²) in [7, 11) is 0. The summed E-state index contributed by atoms with van der Waals surface area (Å²) in [5, 5.41) is 0. The average molecular weight is 407 g/mol. The molecule has 0 radical (unpaired) electrons. The van der Waals surface area contributed by atoms with Crippen molar-refractivity contribution in [2.75, 3.05) is 13.2 Å². The fourth-order valence-electron chi connectivity index (χ4n) is 2.19. The van der Waals surface area contributed by atoms with E-state index in [1.807, 2.05) is 0 Å². The molecular formula is C18H24F3NO6. The maximum Gasteiger partial charge on any atom is 0.434 e. The van der Waals surface area contributed by atoms with Gasteiger partial charge in [-0.2, -0.15) is 13.2 Å². The highest BCUT2D eigenvalue weighted by Crippen LogP contribution is 2.41. The normalized spacial score (nSPS) is 11.5. The number of esters is 2. The van der Waals surface area contributed by atoms with Crippen LogP contribution < -0.4 is 9.47 Å². The van der Waals surface area contributed by atoms with Crippen LogP contribution in [0.2, 0.25) is 0 Å². The summed E-state index contributed by atoms with van der Waals surface area (Å²) in [5.41, 5.74) is -3.06. The zero-order valence-corrected chi connectivity index (χ0v) is 16.6. The van der Waals surface area contributed by atoms with Crippen LogP contribution in [0.5, 0.6) is 11.6 Å². The summed E-state index contributed by atoms with van der Waals surface area (Å²) in [4.78, 5) is 28.3. The summed E-state index contributed by atoms with van der Waals surface area (Å²) in [5.74, 6) is -3.62. The average Bonchev–Trinajstić information content (AvgIpc) is 2.52. The molecule has 0 atom stereocenters. The quantitative estimate of drug-likeness (QED) is 0.602. The van der Waals surface area contributed by atoms with E-state index in [0.29, 0.717) is 0 Å². The van der Waals surface area contributed by atoms with Crippen LogP contribution in [-0.4, -0.2) is 42.3 Å². The molecule has 0 bridgehead atoms. The Balaban J connectivity index is 3.99. The number of hydrogen-bond donors (Lipinski definition) is 0. The minimum absolute atomic E-state index is 0.0587. The number of alkyl halides is 3. The SMILES string of the molecule is CCOC(=O)c1c(OC(C)C)nc(C(F)(F)F)c(C(=O)OCC)c1OC(C)C. The van der Waals surface area contributed by atoms with Crippen molar-refractivity contribution in [1.29, 1.82) is 0 Å². The Morgan fingerprint density at radius 3 is 1.75 bits per heavy atom. The van der Waals surface area contributed by atoms with Gasteiger partial charge in [0.05, 0.1) is 25.4 Å². The molecule has 0 spiro atoms. The highest BCUT2D eigenvalue weighted by atomic mass is 19.4. The number of nitrogens with zero attached hydrogens (tertiary/aromatic N) is 1. The smallest absolute Gasteiger partial charge is 0.434 e. The summed E-state index contributed by atoms with van der Waals surface area (Å²) in [6.07, 6.45) is -6.31. The fourth-order valence-corrected chi connectivity index (χ4v) is 2.19. The van der Waals surface area contributed by atoms with E-state index in [1.54, 1.807) is 13.8 Å². The number of carbonyl (C=O) groups is 2. The van der Waals surface area contributed by atoms with Crippen molar-refractivity contribution in [3.05, 3.63) is 16.8 Å². The Kier molecular flexibility index (Phi) is 8.07. The van der Waals surface area contributed by atoms with Gasteiger partial charge in [-0.1, -0.05) is 0 Å². The molecule has 10 heteroatoms. The number of carbonyl (C=O) groups excluding carboxylic acids is 2. The molecule has 1 rings (SSSR count). The van der Waals surface area contributed by atoms with Crippen molar-refractivity contribution >= 4 is 11.9 Å². The van der Waals surface area contributed by atoms with Gasteiger partial charge in [-0.05, 0) is 41.5 Å². The molecule has 0 aliphatic heterocycles. The largest absolute Gasteiger partial charge is 0.489 e. The Morgan fingerprint density at radius 2 is 1.36 bits per heavy atom. The first-order chi connectivity index (χ1) is 12.9. The molecule has 0 fully saturated rings. The van der Waals surface area contributed by atoms with Gasteiger partial charge in [-0.25, -0.2) is 14.6 Å². The second kappa shape index (κ2) is 9.61. The van der Waals surface area contributed by atoms with Gasteiger partial charge in [0.2, 0.25) is 5.88 Å². The van der Waals surface area contributed by atoms with Gasteiger partial charge in [-0.3, -0.25) is 0 Å². The third-order valence-corrected chi connectivity index (χ3v) is 3.05. The van der Waals surface area contributed by atoms with Crippen LogP contribution in [0.3, 0.4) is 0 Å². The van der Waals surface area contributed by atoms with Crippen LogP contribution in [0.15, 0.2) is 0 Å². The van der Waals surface area contributed by atoms with Crippen LogP contribution in [0, 0.1) is 0 Å². The van der Waals surface area contributed by atoms with E-state index in [-0.39, 0.29) is 13.2 Å². The Bertz CT molecular complexity index is 716. The highest BCUT2D eigenvalue weighted by Gasteiger charge is 2.44. The van der Waals surface area contributed by atoms with Gasteiger partial charge in [0, 0.05) is 0 Å². The first-order valence-electron chi connectivity index (χ1n) is 8.76. The Labute approximate surface area is 161 Å². The van der Waals surface area contributed by atoms with E-state index in [4.69, 9.17) is 18.9 Å². The molecule has 0 aliphatic rings. The van der Waals surface area contributed by atoms with Gasteiger partial charge in [-0.15, -0.1) is 0 Å². The first-order valence-corrected chi connectivity index (χ1v) is 8.76. The topological polar surface area (TPSA) is 84.0 Å². The molecule has 7 nitrogen and oxygen atoms in total. The summed E-state index contributed by atoms with van der Waals surface area (Å²) in [6, 6.07) is 0. The fraction of sp³-hybridized carbons (Fsp3) is 0.611. The van der Waals surface area contributed by atoms with E-state index in [0.717, 1.165) is 0 Å². The third kappa shape index (κ3) is 5.74. The molecule has 0 unspecified atom stereocenters. The van der Waals surface area contributed by atoms with Gasteiger partial charge < -0.3 is 18.9 Å². The Hall–Kier alpha value is -2.52. The lowest BCUT2D eigenvalue weighted by Crippen LogP contribution is -2.25. The number of ether oxygens (including phenoxy) is 4. The molecule has 0 saturated carbocycles. The number of aromatic nitrogens is 1. The number of rotatable bonds is 8. The minimum atomic E-state index is -5.03. The van der Waals surface area contributed by atoms with Gasteiger partial charge in [0.15, 0.2) is 17.0 Å².